The standard InChI is InChI=1S/C17H14N4O3S/c18-15(22)12-6-11(7-19-12)13-8-25-17(20-13)21-16(23)10-1-2-14-9(5-10)3-4-24-14/h1-2,5-8,19H,3-4H2,(H2,18,22)(H,20,21,23). The first-order chi connectivity index (χ1) is 12.1. The molecular weight excluding hydrogens is 340 g/mol. The molecule has 0 saturated heterocycles. The van der Waals surface area contributed by atoms with Gasteiger partial charge in [-0.2, -0.15) is 0 Å². The summed E-state index contributed by atoms with van der Waals surface area (Å²) in [4.78, 5) is 30.7. The highest BCUT2D eigenvalue weighted by Crippen LogP contribution is 2.28. The van der Waals surface area contributed by atoms with Crippen molar-refractivity contribution in [2.75, 3.05) is 11.9 Å². The van der Waals surface area contributed by atoms with Gasteiger partial charge in [-0.3, -0.25) is 14.9 Å². The first kappa shape index (κ1) is 15.4. The van der Waals surface area contributed by atoms with Gasteiger partial charge in [0.15, 0.2) is 5.13 Å². The van der Waals surface area contributed by atoms with Crippen molar-refractivity contribution in [1.29, 1.82) is 0 Å². The van der Waals surface area contributed by atoms with Crippen molar-refractivity contribution in [2.24, 2.45) is 5.73 Å². The number of amides is 2. The Bertz CT molecular complexity index is 976. The van der Waals surface area contributed by atoms with Crippen LogP contribution in [-0.2, 0) is 6.42 Å². The van der Waals surface area contributed by atoms with Crippen molar-refractivity contribution >= 4 is 28.3 Å². The summed E-state index contributed by atoms with van der Waals surface area (Å²) in [6, 6.07) is 7.02. The van der Waals surface area contributed by atoms with E-state index in [-0.39, 0.29) is 5.91 Å². The Balaban J connectivity index is 1.50. The molecule has 25 heavy (non-hydrogen) atoms. The summed E-state index contributed by atoms with van der Waals surface area (Å²) < 4.78 is 5.44. The third-order valence-electron chi connectivity index (χ3n) is 3.92. The minimum absolute atomic E-state index is 0.220. The molecule has 0 radical (unpaired) electrons. The van der Waals surface area contributed by atoms with Gasteiger partial charge in [-0.25, -0.2) is 4.98 Å². The average molecular weight is 354 g/mol. The Labute approximate surface area is 146 Å². The summed E-state index contributed by atoms with van der Waals surface area (Å²) in [6.07, 6.45) is 2.47. The molecular formula is C17H14N4O3S. The minimum atomic E-state index is -0.532. The Morgan fingerprint density at radius 2 is 2.20 bits per heavy atom. The Kier molecular flexibility index (Phi) is 3.73. The van der Waals surface area contributed by atoms with Gasteiger partial charge in [0.25, 0.3) is 11.8 Å². The van der Waals surface area contributed by atoms with E-state index in [9.17, 15) is 9.59 Å². The third kappa shape index (κ3) is 2.99. The summed E-state index contributed by atoms with van der Waals surface area (Å²) >= 11 is 1.31. The van der Waals surface area contributed by atoms with Crippen LogP contribution in [0.3, 0.4) is 0 Å². The summed E-state index contributed by atoms with van der Waals surface area (Å²) in [5.74, 6) is 0.0869. The predicted octanol–water partition coefficient (Wildman–Crippen LogP) is 2.42. The topological polar surface area (TPSA) is 110 Å². The maximum atomic E-state index is 12.4. The molecule has 2 amide bonds. The number of aromatic amines is 1. The maximum absolute atomic E-state index is 12.4. The molecule has 1 aliphatic heterocycles. The number of thiazole rings is 1. The van der Waals surface area contributed by atoms with Gasteiger partial charge in [-0.1, -0.05) is 0 Å². The monoisotopic (exact) mass is 354 g/mol. The number of fused-ring (bicyclic) bond motifs is 1. The van der Waals surface area contributed by atoms with Crippen molar-refractivity contribution < 1.29 is 14.3 Å². The van der Waals surface area contributed by atoms with Crippen LogP contribution in [0.2, 0.25) is 0 Å². The molecule has 0 bridgehead atoms. The first-order valence-corrected chi connectivity index (χ1v) is 8.49. The number of benzene rings is 1. The smallest absolute Gasteiger partial charge is 0.265 e. The van der Waals surface area contributed by atoms with Crippen LogP contribution in [0.1, 0.15) is 26.4 Å². The van der Waals surface area contributed by atoms with Gasteiger partial charge in [0.1, 0.15) is 11.4 Å². The quantitative estimate of drug-likeness (QED) is 0.668. The van der Waals surface area contributed by atoms with E-state index in [0.29, 0.717) is 28.7 Å². The zero-order valence-electron chi connectivity index (χ0n) is 13.0. The molecule has 1 aromatic carbocycles. The number of primary amides is 1. The van der Waals surface area contributed by atoms with Gasteiger partial charge in [0.2, 0.25) is 0 Å². The lowest BCUT2D eigenvalue weighted by Gasteiger charge is -2.04. The molecule has 0 unspecified atom stereocenters. The molecule has 0 atom stereocenters. The normalized spacial score (nSPS) is 12.5. The summed E-state index contributed by atoms with van der Waals surface area (Å²) in [6.45, 7) is 0.653. The zero-order valence-corrected chi connectivity index (χ0v) is 13.9. The maximum Gasteiger partial charge on any atom is 0.265 e. The number of ether oxygens (including phenoxy) is 1. The van der Waals surface area contributed by atoms with Crippen molar-refractivity contribution in [3.05, 3.63) is 52.7 Å². The predicted molar refractivity (Wildman–Crippen MR) is 94.0 cm³/mol. The van der Waals surface area contributed by atoms with E-state index in [0.717, 1.165) is 23.3 Å². The number of aromatic nitrogens is 2. The van der Waals surface area contributed by atoms with Crippen LogP contribution in [0, 0.1) is 0 Å². The zero-order chi connectivity index (χ0) is 17.4. The Morgan fingerprint density at radius 1 is 1.32 bits per heavy atom. The molecule has 126 valence electrons. The third-order valence-corrected chi connectivity index (χ3v) is 4.68. The summed E-state index contributed by atoms with van der Waals surface area (Å²) in [7, 11) is 0. The lowest BCUT2D eigenvalue weighted by atomic mass is 10.1. The number of H-pyrrole nitrogens is 1. The van der Waals surface area contributed by atoms with Crippen LogP contribution in [0.15, 0.2) is 35.8 Å². The second kappa shape index (κ2) is 6.06. The lowest BCUT2D eigenvalue weighted by molar-refractivity contribution is 0.0994. The first-order valence-electron chi connectivity index (χ1n) is 7.61. The van der Waals surface area contributed by atoms with Gasteiger partial charge in [0.05, 0.1) is 12.3 Å². The van der Waals surface area contributed by atoms with Crippen LogP contribution < -0.4 is 15.8 Å². The average Bonchev–Trinajstić information content (AvgIpc) is 3.33. The van der Waals surface area contributed by atoms with Crippen molar-refractivity contribution in [3.8, 4) is 17.0 Å². The van der Waals surface area contributed by atoms with Crippen molar-refractivity contribution in [2.45, 2.75) is 6.42 Å². The largest absolute Gasteiger partial charge is 0.493 e. The Morgan fingerprint density at radius 3 is 3.00 bits per heavy atom. The molecule has 7 nitrogen and oxygen atoms in total. The highest BCUT2D eigenvalue weighted by atomic mass is 32.1. The second-order valence-electron chi connectivity index (χ2n) is 5.58. The second-order valence-corrected chi connectivity index (χ2v) is 6.44. The minimum Gasteiger partial charge on any atom is -0.493 e. The lowest BCUT2D eigenvalue weighted by Crippen LogP contribution is -2.11. The number of nitrogens with two attached hydrogens (primary N) is 1. The molecule has 2 aromatic heterocycles. The van der Waals surface area contributed by atoms with E-state index < -0.39 is 5.91 Å². The number of nitrogens with one attached hydrogen (secondary N) is 2. The molecule has 3 heterocycles. The van der Waals surface area contributed by atoms with Crippen LogP contribution in [0.4, 0.5) is 5.13 Å². The van der Waals surface area contributed by atoms with Crippen LogP contribution >= 0.6 is 11.3 Å². The number of nitrogens with zero attached hydrogens (tertiary/aromatic N) is 1. The highest BCUT2D eigenvalue weighted by molar-refractivity contribution is 7.14. The Hall–Kier alpha value is -3.13. The van der Waals surface area contributed by atoms with Crippen LogP contribution in [-0.4, -0.2) is 28.4 Å². The van der Waals surface area contributed by atoms with Gasteiger partial charge < -0.3 is 15.5 Å². The molecule has 4 N–H and O–H groups in total. The van der Waals surface area contributed by atoms with E-state index in [1.807, 2.05) is 12.1 Å². The molecule has 0 saturated carbocycles. The van der Waals surface area contributed by atoms with Gasteiger partial charge in [-0.05, 0) is 29.8 Å². The number of carbonyl (C=O) groups excluding carboxylic acids is 2. The molecule has 3 aromatic rings. The van der Waals surface area contributed by atoms with E-state index in [1.54, 1.807) is 23.7 Å². The molecule has 4 rings (SSSR count). The molecule has 0 fully saturated rings. The SMILES string of the molecule is NC(=O)c1cc(-c2csc(NC(=O)c3ccc4c(c3)CCO4)n2)c[nH]1. The number of rotatable bonds is 4. The fourth-order valence-electron chi connectivity index (χ4n) is 2.65. The summed E-state index contributed by atoms with van der Waals surface area (Å²) in [5, 5.41) is 5.09. The summed E-state index contributed by atoms with van der Waals surface area (Å²) in [5.41, 5.74) is 8.54. The van der Waals surface area contributed by atoms with Crippen molar-refractivity contribution in [3.63, 3.8) is 0 Å². The highest BCUT2D eigenvalue weighted by Gasteiger charge is 2.16. The van der Waals surface area contributed by atoms with E-state index in [4.69, 9.17) is 10.5 Å². The number of carbonyl (C=O) groups is 2. The van der Waals surface area contributed by atoms with Gasteiger partial charge >= 0.3 is 0 Å². The van der Waals surface area contributed by atoms with E-state index in [1.165, 1.54) is 11.3 Å². The fraction of sp³-hybridized carbons (Fsp3) is 0.118. The van der Waals surface area contributed by atoms with Gasteiger partial charge in [0, 0.05) is 29.1 Å². The molecule has 0 aliphatic carbocycles. The van der Waals surface area contributed by atoms with Gasteiger partial charge in [-0.15, -0.1) is 11.3 Å². The fourth-order valence-corrected chi connectivity index (χ4v) is 3.36. The molecule has 1 aliphatic rings. The number of anilines is 1. The van der Waals surface area contributed by atoms with E-state index in [2.05, 4.69) is 15.3 Å². The van der Waals surface area contributed by atoms with Crippen molar-refractivity contribution in [1.82, 2.24) is 9.97 Å². The number of hydrogen-bond acceptors (Lipinski definition) is 5. The van der Waals surface area contributed by atoms with Crippen LogP contribution in [0.5, 0.6) is 5.75 Å². The van der Waals surface area contributed by atoms with Crippen LogP contribution in [0.25, 0.3) is 11.3 Å². The molecule has 0 spiro atoms. The molecule has 8 heteroatoms. The van der Waals surface area contributed by atoms with E-state index >= 15 is 0 Å². The number of hydrogen-bond donors (Lipinski definition) is 3.